The highest BCUT2D eigenvalue weighted by Crippen LogP contribution is 2.29. The number of benzene rings is 2. The van der Waals surface area contributed by atoms with Crippen LogP contribution in [-0.2, 0) is 4.79 Å². The third-order valence-electron chi connectivity index (χ3n) is 3.62. The molecule has 0 atom stereocenters. The molecule has 2 aromatic rings. The maximum Gasteiger partial charge on any atom is 0.255 e. The lowest BCUT2D eigenvalue weighted by atomic mass is 10.1. The Kier molecular flexibility index (Phi) is 4.53. The van der Waals surface area contributed by atoms with E-state index in [1.54, 1.807) is 55.6 Å². The largest absolute Gasteiger partial charge is 0.488 e. The summed E-state index contributed by atoms with van der Waals surface area (Å²) < 4.78 is 5.58. The molecule has 0 bridgehead atoms. The van der Waals surface area contributed by atoms with Crippen molar-refractivity contribution in [1.82, 2.24) is 5.32 Å². The monoisotopic (exact) mass is 342 g/mol. The Balaban J connectivity index is 1.85. The zero-order valence-corrected chi connectivity index (χ0v) is 13.7. The number of hydrogen-bond donors (Lipinski definition) is 2. The number of rotatable bonds is 3. The van der Waals surface area contributed by atoms with Gasteiger partial charge < -0.3 is 15.4 Å². The fraction of sp³-hybridized carbons (Fsp3) is 0.111. The molecule has 1 aliphatic rings. The van der Waals surface area contributed by atoms with Crippen LogP contribution in [0, 0.1) is 0 Å². The average molecular weight is 343 g/mol. The standard InChI is InChI=1S/C18H15ClN2O3/c1-20-18(23)14-4-2-3-5-15(14)21-17(22)12-8-11-9-13(19)6-7-16(11)24-10-12/h2-9H,10H2,1H3,(H,20,23)(H,21,22). The first kappa shape index (κ1) is 16.1. The number of nitrogens with one attached hydrogen (secondary N) is 2. The molecule has 0 saturated heterocycles. The lowest BCUT2D eigenvalue weighted by Gasteiger charge is -2.18. The number of ether oxygens (including phenoxy) is 1. The lowest BCUT2D eigenvalue weighted by molar-refractivity contribution is -0.113. The van der Waals surface area contributed by atoms with Crippen molar-refractivity contribution in [2.75, 3.05) is 19.0 Å². The Morgan fingerprint density at radius 1 is 1.12 bits per heavy atom. The first-order valence-electron chi connectivity index (χ1n) is 7.34. The van der Waals surface area contributed by atoms with Crippen LogP contribution < -0.4 is 15.4 Å². The van der Waals surface area contributed by atoms with Gasteiger partial charge in [-0.25, -0.2) is 0 Å². The molecule has 1 heterocycles. The predicted octanol–water partition coefficient (Wildman–Crippen LogP) is 3.11. The molecule has 2 amide bonds. The number of halogens is 1. The Bertz CT molecular complexity index is 846. The summed E-state index contributed by atoms with van der Waals surface area (Å²) in [5, 5.41) is 5.88. The second kappa shape index (κ2) is 6.76. The summed E-state index contributed by atoms with van der Waals surface area (Å²) in [5.41, 5.74) is 2.05. The van der Waals surface area contributed by atoms with Crippen molar-refractivity contribution in [2.45, 2.75) is 0 Å². The molecule has 0 spiro atoms. The summed E-state index contributed by atoms with van der Waals surface area (Å²) in [6.07, 6.45) is 1.74. The van der Waals surface area contributed by atoms with Gasteiger partial charge in [-0.15, -0.1) is 0 Å². The van der Waals surface area contributed by atoms with E-state index in [0.29, 0.717) is 27.6 Å². The Labute approximate surface area is 144 Å². The summed E-state index contributed by atoms with van der Waals surface area (Å²) >= 11 is 5.98. The van der Waals surface area contributed by atoms with Gasteiger partial charge in [-0.1, -0.05) is 23.7 Å². The van der Waals surface area contributed by atoms with Crippen molar-refractivity contribution in [1.29, 1.82) is 0 Å². The van der Waals surface area contributed by atoms with E-state index in [1.807, 2.05) is 0 Å². The zero-order chi connectivity index (χ0) is 17.1. The molecule has 0 aliphatic carbocycles. The molecular weight excluding hydrogens is 328 g/mol. The van der Waals surface area contributed by atoms with Crippen LogP contribution in [-0.4, -0.2) is 25.5 Å². The van der Waals surface area contributed by atoms with E-state index in [9.17, 15) is 9.59 Å². The van der Waals surface area contributed by atoms with Crippen molar-refractivity contribution in [2.24, 2.45) is 0 Å². The summed E-state index contributed by atoms with van der Waals surface area (Å²) in [5.74, 6) is 0.0931. The number of para-hydroxylation sites is 1. The Morgan fingerprint density at radius 3 is 2.71 bits per heavy atom. The molecule has 0 saturated carbocycles. The van der Waals surface area contributed by atoms with Crippen molar-refractivity contribution in [3.8, 4) is 5.75 Å². The molecule has 6 heteroatoms. The fourth-order valence-electron chi connectivity index (χ4n) is 2.41. The molecule has 0 unspecified atom stereocenters. The molecule has 0 fully saturated rings. The van der Waals surface area contributed by atoms with Crippen LogP contribution in [0.2, 0.25) is 5.02 Å². The summed E-state index contributed by atoms with van der Waals surface area (Å²) in [4.78, 5) is 24.4. The van der Waals surface area contributed by atoms with Gasteiger partial charge in [0.2, 0.25) is 0 Å². The third-order valence-corrected chi connectivity index (χ3v) is 3.86. The fourth-order valence-corrected chi connectivity index (χ4v) is 2.59. The number of amides is 2. The van der Waals surface area contributed by atoms with Crippen molar-refractivity contribution in [3.63, 3.8) is 0 Å². The summed E-state index contributed by atoms with van der Waals surface area (Å²) in [6.45, 7) is 0.155. The molecule has 5 nitrogen and oxygen atoms in total. The lowest BCUT2D eigenvalue weighted by Crippen LogP contribution is -2.24. The summed E-state index contributed by atoms with van der Waals surface area (Å²) in [6, 6.07) is 12.1. The maximum atomic E-state index is 12.5. The molecule has 122 valence electrons. The van der Waals surface area contributed by atoms with Crippen LogP contribution in [0.3, 0.4) is 0 Å². The van der Waals surface area contributed by atoms with Gasteiger partial charge in [-0.3, -0.25) is 9.59 Å². The Hall–Kier alpha value is -2.79. The molecule has 1 aliphatic heterocycles. The van der Waals surface area contributed by atoms with Gasteiger partial charge in [0.05, 0.1) is 16.8 Å². The highest BCUT2D eigenvalue weighted by atomic mass is 35.5. The minimum absolute atomic E-state index is 0.155. The number of carbonyl (C=O) groups is 2. The van der Waals surface area contributed by atoms with E-state index in [2.05, 4.69) is 10.6 Å². The smallest absolute Gasteiger partial charge is 0.255 e. The van der Waals surface area contributed by atoms with E-state index in [1.165, 1.54) is 0 Å². The van der Waals surface area contributed by atoms with E-state index in [-0.39, 0.29) is 18.4 Å². The van der Waals surface area contributed by atoms with Gasteiger partial charge in [-0.05, 0) is 36.4 Å². The van der Waals surface area contributed by atoms with Crippen LogP contribution in [0.15, 0.2) is 48.0 Å². The van der Waals surface area contributed by atoms with Gasteiger partial charge in [0.15, 0.2) is 0 Å². The third kappa shape index (κ3) is 3.26. The van der Waals surface area contributed by atoms with Gasteiger partial charge in [0.1, 0.15) is 12.4 Å². The normalized spacial score (nSPS) is 12.5. The molecule has 0 aromatic heterocycles. The minimum atomic E-state index is -0.322. The second-order valence-electron chi connectivity index (χ2n) is 5.22. The van der Waals surface area contributed by atoms with Crippen molar-refractivity contribution < 1.29 is 14.3 Å². The van der Waals surface area contributed by atoms with E-state index >= 15 is 0 Å². The molecular formula is C18H15ClN2O3. The minimum Gasteiger partial charge on any atom is -0.488 e. The topological polar surface area (TPSA) is 67.4 Å². The van der Waals surface area contributed by atoms with Gasteiger partial charge in [-0.2, -0.15) is 0 Å². The van der Waals surface area contributed by atoms with Crippen LogP contribution in [0.5, 0.6) is 5.75 Å². The molecule has 2 aromatic carbocycles. The predicted molar refractivity (Wildman–Crippen MR) is 93.4 cm³/mol. The molecule has 24 heavy (non-hydrogen) atoms. The second-order valence-corrected chi connectivity index (χ2v) is 5.66. The van der Waals surface area contributed by atoms with Crippen LogP contribution in [0.25, 0.3) is 6.08 Å². The van der Waals surface area contributed by atoms with Crippen LogP contribution >= 0.6 is 11.6 Å². The molecule has 0 radical (unpaired) electrons. The van der Waals surface area contributed by atoms with Crippen molar-refractivity contribution in [3.05, 3.63) is 64.2 Å². The molecule has 2 N–H and O–H groups in total. The van der Waals surface area contributed by atoms with Gasteiger partial charge in [0, 0.05) is 17.6 Å². The average Bonchev–Trinajstić information content (AvgIpc) is 2.60. The highest BCUT2D eigenvalue weighted by molar-refractivity contribution is 6.30. The van der Waals surface area contributed by atoms with Gasteiger partial charge in [0.25, 0.3) is 11.8 Å². The number of hydrogen-bond acceptors (Lipinski definition) is 3. The first-order valence-corrected chi connectivity index (χ1v) is 7.71. The maximum absolute atomic E-state index is 12.5. The van der Waals surface area contributed by atoms with E-state index in [0.717, 1.165) is 5.56 Å². The number of fused-ring (bicyclic) bond motifs is 1. The van der Waals surface area contributed by atoms with Crippen LogP contribution in [0.1, 0.15) is 15.9 Å². The quantitative estimate of drug-likeness (QED) is 0.900. The van der Waals surface area contributed by atoms with Crippen molar-refractivity contribution >= 4 is 35.2 Å². The number of carbonyl (C=O) groups excluding carboxylic acids is 2. The van der Waals surface area contributed by atoms with E-state index < -0.39 is 0 Å². The van der Waals surface area contributed by atoms with Crippen LogP contribution in [0.4, 0.5) is 5.69 Å². The van der Waals surface area contributed by atoms with Gasteiger partial charge >= 0.3 is 0 Å². The Morgan fingerprint density at radius 2 is 1.92 bits per heavy atom. The van der Waals surface area contributed by atoms with E-state index in [4.69, 9.17) is 16.3 Å². The SMILES string of the molecule is CNC(=O)c1ccccc1NC(=O)C1=Cc2cc(Cl)ccc2OC1. The first-order chi connectivity index (χ1) is 11.6. The highest BCUT2D eigenvalue weighted by Gasteiger charge is 2.19. The molecule has 3 rings (SSSR count). The number of anilines is 1. The summed E-state index contributed by atoms with van der Waals surface area (Å²) in [7, 11) is 1.54. The zero-order valence-electron chi connectivity index (χ0n) is 12.9.